The zero-order valence-corrected chi connectivity index (χ0v) is 17.2. The monoisotopic (exact) mass is 407 g/mol. The lowest BCUT2D eigenvalue weighted by Gasteiger charge is -2.20. The molecule has 9 heteroatoms. The molecule has 2 aromatic rings. The number of aryl methyl sites for hydroxylation is 1. The van der Waals surface area contributed by atoms with Gasteiger partial charge in [0.25, 0.3) is 0 Å². The second-order valence-corrected chi connectivity index (χ2v) is 9.59. The van der Waals surface area contributed by atoms with Crippen LogP contribution >= 0.6 is 11.3 Å². The summed E-state index contributed by atoms with van der Waals surface area (Å²) in [7, 11) is -3.37. The number of sulfonamides is 1. The van der Waals surface area contributed by atoms with Crippen LogP contribution in [0, 0.1) is 6.92 Å². The van der Waals surface area contributed by atoms with Crippen LogP contribution in [0.25, 0.3) is 0 Å². The molecule has 0 saturated carbocycles. The van der Waals surface area contributed by atoms with Gasteiger partial charge in [-0.05, 0) is 31.9 Å². The van der Waals surface area contributed by atoms with Crippen molar-refractivity contribution in [2.45, 2.75) is 26.8 Å². The quantitative estimate of drug-likeness (QED) is 0.541. The fourth-order valence-corrected chi connectivity index (χ4v) is 5.11. The van der Waals surface area contributed by atoms with Crippen molar-refractivity contribution < 1.29 is 8.42 Å². The lowest BCUT2D eigenvalue weighted by atomic mass is 10.2. The minimum Gasteiger partial charge on any atom is -0.357 e. The average Bonchev–Trinajstić information content (AvgIpc) is 3.26. The van der Waals surface area contributed by atoms with Crippen molar-refractivity contribution in [1.82, 2.24) is 15.6 Å². The Morgan fingerprint density at radius 3 is 2.89 bits per heavy atom. The van der Waals surface area contributed by atoms with Gasteiger partial charge in [-0.15, -0.1) is 11.3 Å². The zero-order chi connectivity index (χ0) is 19.3. The first-order valence-electron chi connectivity index (χ1n) is 9.01. The Balaban J connectivity index is 1.58. The molecule has 0 unspecified atom stereocenters. The molecule has 0 amide bonds. The molecule has 146 valence electrons. The lowest BCUT2D eigenvalue weighted by Crippen LogP contribution is -2.42. The van der Waals surface area contributed by atoms with Crippen molar-refractivity contribution in [3.8, 4) is 0 Å². The number of rotatable bonds is 7. The van der Waals surface area contributed by atoms with Crippen LogP contribution in [0.2, 0.25) is 0 Å². The van der Waals surface area contributed by atoms with E-state index in [0.29, 0.717) is 32.1 Å². The molecule has 0 atom stereocenters. The van der Waals surface area contributed by atoms with Crippen LogP contribution in [0.15, 0.2) is 35.5 Å². The van der Waals surface area contributed by atoms with Crippen LogP contribution in [0.3, 0.4) is 0 Å². The molecular formula is C18H25N5O2S2. The molecule has 0 bridgehead atoms. The summed E-state index contributed by atoms with van der Waals surface area (Å²) in [5, 5.41) is 7.19. The van der Waals surface area contributed by atoms with Gasteiger partial charge in [-0.25, -0.2) is 18.4 Å². The number of anilines is 1. The van der Waals surface area contributed by atoms with Crippen LogP contribution in [0.4, 0.5) is 5.69 Å². The molecule has 3 rings (SSSR count). The first-order valence-corrected chi connectivity index (χ1v) is 11.4. The number of fused-ring (bicyclic) bond motifs is 1. The van der Waals surface area contributed by atoms with E-state index in [4.69, 9.17) is 0 Å². The number of thiazole rings is 1. The smallest absolute Gasteiger partial charge is 0.236 e. The van der Waals surface area contributed by atoms with Crippen LogP contribution in [-0.4, -0.2) is 44.7 Å². The SMILES string of the molecule is CCNC(=NCc1ncc(C)s1)NCCS(=O)(=O)N1CCc2ccccc21. The maximum atomic E-state index is 12.7. The van der Waals surface area contributed by atoms with Crippen molar-refractivity contribution >= 4 is 33.0 Å². The molecular weight excluding hydrogens is 382 g/mol. The van der Waals surface area contributed by atoms with E-state index in [-0.39, 0.29) is 5.75 Å². The molecule has 0 fully saturated rings. The van der Waals surface area contributed by atoms with Crippen molar-refractivity contribution in [1.29, 1.82) is 0 Å². The highest BCUT2D eigenvalue weighted by molar-refractivity contribution is 7.92. The highest BCUT2D eigenvalue weighted by Gasteiger charge is 2.28. The number of para-hydroxylation sites is 1. The Morgan fingerprint density at radius 1 is 1.33 bits per heavy atom. The Bertz CT molecular complexity index is 908. The highest BCUT2D eigenvalue weighted by atomic mass is 32.2. The standard InChI is InChI=1S/C18H25N5O2S2/c1-3-19-18(22-13-17-21-12-14(2)26-17)20-9-11-27(24,25)23-10-8-15-6-4-5-7-16(15)23/h4-7,12H,3,8-11,13H2,1-2H3,(H2,19,20,22). The minimum atomic E-state index is -3.37. The van der Waals surface area contributed by atoms with Gasteiger partial charge in [0.1, 0.15) is 5.01 Å². The minimum absolute atomic E-state index is 0.0160. The first-order chi connectivity index (χ1) is 13.0. The predicted molar refractivity (Wildman–Crippen MR) is 111 cm³/mol. The zero-order valence-electron chi connectivity index (χ0n) is 15.6. The van der Waals surface area contributed by atoms with Crippen LogP contribution in [-0.2, 0) is 23.0 Å². The maximum Gasteiger partial charge on any atom is 0.236 e. The van der Waals surface area contributed by atoms with E-state index >= 15 is 0 Å². The fourth-order valence-electron chi connectivity index (χ4n) is 2.97. The van der Waals surface area contributed by atoms with Crippen molar-refractivity contribution in [3.63, 3.8) is 0 Å². The summed E-state index contributed by atoms with van der Waals surface area (Å²) in [6.07, 6.45) is 2.59. The molecule has 0 saturated heterocycles. The summed E-state index contributed by atoms with van der Waals surface area (Å²) in [6.45, 7) is 5.97. The second-order valence-electron chi connectivity index (χ2n) is 6.25. The molecule has 0 spiro atoms. The van der Waals surface area contributed by atoms with Crippen LogP contribution in [0.1, 0.15) is 22.4 Å². The third kappa shape index (κ3) is 4.98. The van der Waals surface area contributed by atoms with Gasteiger partial charge >= 0.3 is 0 Å². The van der Waals surface area contributed by atoms with E-state index in [2.05, 4.69) is 20.6 Å². The number of hydrogen-bond donors (Lipinski definition) is 2. The lowest BCUT2D eigenvalue weighted by molar-refractivity contribution is 0.591. The van der Waals surface area contributed by atoms with E-state index in [9.17, 15) is 8.42 Å². The van der Waals surface area contributed by atoms with Gasteiger partial charge in [-0.2, -0.15) is 0 Å². The molecule has 2 heterocycles. The Labute approximate surface area is 164 Å². The number of nitrogens with one attached hydrogen (secondary N) is 2. The van der Waals surface area contributed by atoms with E-state index < -0.39 is 10.0 Å². The highest BCUT2D eigenvalue weighted by Crippen LogP contribution is 2.29. The van der Waals surface area contributed by atoms with Crippen molar-refractivity contribution in [2.75, 3.05) is 29.7 Å². The van der Waals surface area contributed by atoms with Gasteiger partial charge in [-0.1, -0.05) is 18.2 Å². The molecule has 0 radical (unpaired) electrons. The first kappa shape index (κ1) is 19.6. The second kappa shape index (κ2) is 8.71. The van der Waals surface area contributed by atoms with Gasteiger partial charge in [0.05, 0.1) is 18.0 Å². The summed E-state index contributed by atoms with van der Waals surface area (Å²) < 4.78 is 27.0. The van der Waals surface area contributed by atoms with Gasteiger partial charge in [0, 0.05) is 30.7 Å². The summed E-state index contributed by atoms with van der Waals surface area (Å²) in [4.78, 5) is 9.93. The van der Waals surface area contributed by atoms with Gasteiger partial charge in [-0.3, -0.25) is 4.31 Å². The third-order valence-electron chi connectivity index (χ3n) is 4.22. The Morgan fingerprint density at radius 2 is 2.15 bits per heavy atom. The molecule has 1 aromatic heterocycles. The number of aromatic nitrogens is 1. The third-order valence-corrected chi connectivity index (χ3v) is 6.89. The Hall–Kier alpha value is -2.13. The molecule has 1 aliphatic rings. The predicted octanol–water partition coefficient (Wildman–Crippen LogP) is 1.90. The number of guanidine groups is 1. The number of benzene rings is 1. The summed E-state index contributed by atoms with van der Waals surface area (Å²) in [5.41, 5.74) is 1.89. The molecule has 7 nitrogen and oxygen atoms in total. The van der Waals surface area contributed by atoms with Crippen LogP contribution < -0.4 is 14.9 Å². The van der Waals surface area contributed by atoms with Crippen LogP contribution in [0.5, 0.6) is 0 Å². The number of aliphatic imine (C=N–C) groups is 1. The van der Waals surface area contributed by atoms with E-state index in [1.165, 1.54) is 4.31 Å². The molecule has 27 heavy (non-hydrogen) atoms. The van der Waals surface area contributed by atoms with Crippen molar-refractivity contribution in [3.05, 3.63) is 45.9 Å². The van der Waals surface area contributed by atoms with Gasteiger partial charge < -0.3 is 10.6 Å². The summed E-state index contributed by atoms with van der Waals surface area (Å²) in [5.74, 6) is 0.615. The van der Waals surface area contributed by atoms with Crippen molar-refractivity contribution in [2.24, 2.45) is 4.99 Å². The van der Waals surface area contributed by atoms with Gasteiger partial charge in [0.15, 0.2) is 5.96 Å². The molecule has 1 aromatic carbocycles. The van der Waals surface area contributed by atoms with E-state index in [0.717, 1.165) is 27.6 Å². The summed E-state index contributed by atoms with van der Waals surface area (Å²) in [6, 6.07) is 7.68. The topological polar surface area (TPSA) is 86.7 Å². The molecule has 1 aliphatic heterocycles. The van der Waals surface area contributed by atoms with Gasteiger partial charge in [0.2, 0.25) is 10.0 Å². The average molecular weight is 408 g/mol. The summed E-state index contributed by atoms with van der Waals surface area (Å²) >= 11 is 1.61. The van der Waals surface area contributed by atoms with E-state index in [1.54, 1.807) is 11.3 Å². The fraction of sp³-hybridized carbons (Fsp3) is 0.444. The van der Waals surface area contributed by atoms with E-state index in [1.807, 2.05) is 44.3 Å². The molecule has 2 N–H and O–H groups in total. The number of nitrogens with zero attached hydrogens (tertiary/aromatic N) is 3. The normalized spacial score (nSPS) is 14.3. The number of hydrogen-bond acceptors (Lipinski definition) is 5. The largest absolute Gasteiger partial charge is 0.357 e. The molecule has 0 aliphatic carbocycles. The Kier molecular flexibility index (Phi) is 6.33. The maximum absolute atomic E-state index is 12.7.